The molecule has 4 heteroatoms. The van der Waals surface area contributed by atoms with Gasteiger partial charge in [0.05, 0.1) is 18.2 Å². The van der Waals surface area contributed by atoms with Crippen LogP contribution in [0.2, 0.25) is 0 Å². The molecule has 0 bridgehead atoms. The Balaban J connectivity index is 2.08. The third-order valence-electron chi connectivity index (χ3n) is 3.29. The van der Waals surface area contributed by atoms with Gasteiger partial charge in [0.15, 0.2) is 0 Å². The van der Waals surface area contributed by atoms with Gasteiger partial charge in [-0.15, -0.1) is 0 Å². The number of pyridine rings is 1. The fourth-order valence-electron chi connectivity index (χ4n) is 2.34. The van der Waals surface area contributed by atoms with Gasteiger partial charge in [0.1, 0.15) is 0 Å². The molecule has 1 aromatic rings. The second kappa shape index (κ2) is 5.27. The first kappa shape index (κ1) is 12.0. The van der Waals surface area contributed by atoms with E-state index in [1.54, 1.807) is 0 Å². The maximum atomic E-state index is 10.5. The van der Waals surface area contributed by atoms with Gasteiger partial charge in [-0.05, 0) is 38.6 Å². The molecule has 1 N–H and O–H groups in total. The number of carboxylic acids is 1. The molecule has 1 unspecified atom stereocenters. The number of nitrogens with zero attached hydrogens (tertiary/aromatic N) is 2. The summed E-state index contributed by atoms with van der Waals surface area (Å²) in [5.41, 5.74) is 1.96. The second-order valence-corrected chi connectivity index (χ2v) is 4.59. The van der Waals surface area contributed by atoms with Crippen molar-refractivity contribution in [1.29, 1.82) is 0 Å². The number of aliphatic carboxylic acids is 1. The highest BCUT2D eigenvalue weighted by Crippen LogP contribution is 2.28. The minimum atomic E-state index is -0.768. The molecule has 0 radical (unpaired) electrons. The van der Waals surface area contributed by atoms with Crippen LogP contribution in [-0.4, -0.2) is 34.6 Å². The van der Waals surface area contributed by atoms with E-state index in [4.69, 9.17) is 5.11 Å². The van der Waals surface area contributed by atoms with Crippen LogP contribution >= 0.6 is 0 Å². The fraction of sp³-hybridized carbons (Fsp3) is 0.538. The van der Waals surface area contributed by atoms with Crippen molar-refractivity contribution >= 4 is 5.97 Å². The van der Waals surface area contributed by atoms with E-state index in [0.717, 1.165) is 24.4 Å². The van der Waals surface area contributed by atoms with Gasteiger partial charge in [0.2, 0.25) is 0 Å². The number of carboxylic acid groups (broad SMARTS) is 1. The van der Waals surface area contributed by atoms with E-state index in [2.05, 4.69) is 16.9 Å². The Morgan fingerprint density at radius 3 is 3.06 bits per heavy atom. The van der Waals surface area contributed by atoms with Crippen LogP contribution in [-0.2, 0) is 11.2 Å². The summed E-state index contributed by atoms with van der Waals surface area (Å²) in [5.74, 6) is -0.768. The lowest BCUT2D eigenvalue weighted by atomic mass is 10.1. The van der Waals surface area contributed by atoms with Gasteiger partial charge in [-0.25, -0.2) is 0 Å². The van der Waals surface area contributed by atoms with Gasteiger partial charge < -0.3 is 5.11 Å². The quantitative estimate of drug-likeness (QED) is 0.864. The van der Waals surface area contributed by atoms with Crippen LogP contribution < -0.4 is 0 Å². The predicted octanol–water partition coefficient (Wildman–Crippen LogP) is 1.87. The van der Waals surface area contributed by atoms with Crippen LogP contribution in [0.25, 0.3) is 0 Å². The van der Waals surface area contributed by atoms with E-state index in [0.29, 0.717) is 12.5 Å². The third kappa shape index (κ3) is 3.03. The largest absolute Gasteiger partial charge is 0.481 e. The van der Waals surface area contributed by atoms with E-state index in [1.807, 2.05) is 18.2 Å². The molecule has 1 atom stereocenters. The summed E-state index contributed by atoms with van der Waals surface area (Å²) < 4.78 is 0. The zero-order chi connectivity index (χ0) is 12.3. The first-order valence-electron chi connectivity index (χ1n) is 6.04. The highest BCUT2D eigenvalue weighted by atomic mass is 16.4. The fourth-order valence-corrected chi connectivity index (χ4v) is 2.34. The van der Waals surface area contributed by atoms with Gasteiger partial charge in [-0.2, -0.15) is 0 Å². The molecule has 1 fully saturated rings. The molecule has 0 aliphatic carbocycles. The Labute approximate surface area is 101 Å². The SMILES string of the molecule is CN1CCCC1c1cccc(CCC(=O)O)n1. The Bertz CT molecular complexity index is 406. The molecular formula is C13H18N2O2. The van der Waals surface area contributed by atoms with Crippen LogP contribution in [0.3, 0.4) is 0 Å². The van der Waals surface area contributed by atoms with Crippen LogP contribution in [0.4, 0.5) is 0 Å². The lowest BCUT2D eigenvalue weighted by Gasteiger charge is -2.19. The number of aromatic nitrogens is 1. The van der Waals surface area contributed by atoms with E-state index in [9.17, 15) is 4.79 Å². The average Bonchev–Trinajstić information content (AvgIpc) is 2.73. The number of carbonyl (C=O) groups is 1. The molecule has 2 heterocycles. The summed E-state index contributed by atoms with van der Waals surface area (Å²) in [5, 5.41) is 8.66. The van der Waals surface area contributed by atoms with E-state index in [-0.39, 0.29) is 6.42 Å². The Morgan fingerprint density at radius 1 is 1.59 bits per heavy atom. The summed E-state index contributed by atoms with van der Waals surface area (Å²) in [6, 6.07) is 6.32. The number of hydrogen-bond acceptors (Lipinski definition) is 3. The standard InChI is InChI=1S/C13H18N2O2/c1-15-9-3-6-12(15)11-5-2-4-10(14-11)7-8-13(16)17/h2,4-5,12H,3,6-9H2,1H3,(H,16,17). The third-order valence-corrected chi connectivity index (χ3v) is 3.29. The average molecular weight is 234 g/mol. The molecule has 1 aromatic heterocycles. The molecule has 1 saturated heterocycles. The van der Waals surface area contributed by atoms with E-state index in [1.165, 1.54) is 6.42 Å². The topological polar surface area (TPSA) is 53.4 Å². The Morgan fingerprint density at radius 2 is 2.41 bits per heavy atom. The number of rotatable bonds is 4. The summed E-state index contributed by atoms with van der Waals surface area (Å²) in [4.78, 5) is 17.4. The van der Waals surface area contributed by atoms with Crippen molar-refractivity contribution in [2.45, 2.75) is 31.7 Å². The molecular weight excluding hydrogens is 216 g/mol. The molecule has 1 aliphatic heterocycles. The van der Waals surface area contributed by atoms with Crippen LogP contribution in [0.5, 0.6) is 0 Å². The van der Waals surface area contributed by atoms with Crippen molar-refractivity contribution in [2.24, 2.45) is 0 Å². The highest BCUT2D eigenvalue weighted by molar-refractivity contribution is 5.66. The molecule has 0 saturated carbocycles. The number of aryl methyl sites for hydroxylation is 1. The van der Waals surface area contributed by atoms with Crippen molar-refractivity contribution in [3.63, 3.8) is 0 Å². The summed E-state index contributed by atoms with van der Waals surface area (Å²) in [6.07, 6.45) is 3.02. The second-order valence-electron chi connectivity index (χ2n) is 4.59. The van der Waals surface area contributed by atoms with Crippen molar-refractivity contribution in [3.05, 3.63) is 29.6 Å². The van der Waals surface area contributed by atoms with Crippen molar-refractivity contribution in [1.82, 2.24) is 9.88 Å². The van der Waals surface area contributed by atoms with Crippen LogP contribution in [0, 0.1) is 0 Å². The molecule has 4 nitrogen and oxygen atoms in total. The van der Waals surface area contributed by atoms with Gasteiger partial charge in [-0.1, -0.05) is 6.07 Å². The molecule has 0 aromatic carbocycles. The van der Waals surface area contributed by atoms with Gasteiger partial charge in [0.25, 0.3) is 0 Å². The minimum Gasteiger partial charge on any atom is -0.481 e. The zero-order valence-electron chi connectivity index (χ0n) is 10.1. The maximum Gasteiger partial charge on any atom is 0.303 e. The normalized spacial score (nSPS) is 20.6. The van der Waals surface area contributed by atoms with Crippen molar-refractivity contribution in [2.75, 3.05) is 13.6 Å². The lowest BCUT2D eigenvalue weighted by molar-refractivity contribution is -0.136. The van der Waals surface area contributed by atoms with E-state index < -0.39 is 5.97 Å². The first-order chi connectivity index (χ1) is 8.16. The van der Waals surface area contributed by atoms with E-state index >= 15 is 0 Å². The Hall–Kier alpha value is -1.42. The van der Waals surface area contributed by atoms with Gasteiger partial charge in [-0.3, -0.25) is 14.7 Å². The van der Waals surface area contributed by atoms with Crippen molar-refractivity contribution < 1.29 is 9.90 Å². The predicted molar refractivity (Wildman–Crippen MR) is 64.8 cm³/mol. The number of likely N-dealkylation sites (tertiary alicyclic amines) is 1. The minimum absolute atomic E-state index is 0.150. The zero-order valence-corrected chi connectivity index (χ0v) is 10.1. The smallest absolute Gasteiger partial charge is 0.303 e. The summed E-state index contributed by atoms with van der Waals surface area (Å²) >= 11 is 0. The van der Waals surface area contributed by atoms with Crippen molar-refractivity contribution in [3.8, 4) is 0 Å². The summed E-state index contributed by atoms with van der Waals surface area (Å²) in [7, 11) is 2.11. The molecule has 92 valence electrons. The molecule has 0 spiro atoms. The molecule has 17 heavy (non-hydrogen) atoms. The van der Waals surface area contributed by atoms with Crippen LogP contribution in [0.1, 0.15) is 36.7 Å². The number of hydrogen-bond donors (Lipinski definition) is 1. The molecule has 1 aliphatic rings. The van der Waals surface area contributed by atoms with Gasteiger partial charge >= 0.3 is 5.97 Å². The van der Waals surface area contributed by atoms with Gasteiger partial charge in [0, 0.05) is 12.1 Å². The monoisotopic (exact) mass is 234 g/mol. The lowest BCUT2D eigenvalue weighted by Crippen LogP contribution is -2.18. The maximum absolute atomic E-state index is 10.5. The first-order valence-corrected chi connectivity index (χ1v) is 6.04. The molecule has 0 amide bonds. The van der Waals surface area contributed by atoms with Crippen LogP contribution in [0.15, 0.2) is 18.2 Å². The highest BCUT2D eigenvalue weighted by Gasteiger charge is 2.23. The molecule has 2 rings (SSSR count). The Kier molecular flexibility index (Phi) is 3.74. The summed E-state index contributed by atoms with van der Waals surface area (Å²) in [6.45, 7) is 1.12.